The standard InChI is InChI=1S/C34H43N3/c1-5-6-7-19-36-24-26(3)34(32-16-8-11-25(2)27(32)4)30-14-10-15-31(23-30)37-33(29-12-9-13-29)22-28-17-20-35-21-18-28/h7-8,10-11,14-20,23-24,34-37H,5-6,9,12-13,21-22H2,1-4H3/b19-7-,26-24+. The van der Waals surface area contributed by atoms with E-state index in [1.807, 2.05) is 0 Å². The maximum atomic E-state index is 3.84. The van der Waals surface area contributed by atoms with E-state index in [-0.39, 0.29) is 5.92 Å². The summed E-state index contributed by atoms with van der Waals surface area (Å²) in [6.45, 7) is 9.82. The van der Waals surface area contributed by atoms with Crippen LogP contribution in [0.2, 0.25) is 0 Å². The van der Waals surface area contributed by atoms with Crippen molar-refractivity contribution in [3.63, 3.8) is 0 Å². The van der Waals surface area contributed by atoms with Crippen LogP contribution in [-0.2, 0) is 0 Å². The van der Waals surface area contributed by atoms with Crippen LogP contribution in [0.4, 0.5) is 5.69 Å². The molecular formula is C34H43N3. The molecule has 0 saturated heterocycles. The molecule has 0 radical (unpaired) electrons. The van der Waals surface area contributed by atoms with Gasteiger partial charge < -0.3 is 16.0 Å². The number of dihydropyridines is 1. The van der Waals surface area contributed by atoms with Crippen LogP contribution in [0.25, 0.3) is 0 Å². The first-order valence-corrected chi connectivity index (χ1v) is 13.9. The van der Waals surface area contributed by atoms with Crippen LogP contribution in [-0.4, -0.2) is 6.54 Å². The zero-order valence-corrected chi connectivity index (χ0v) is 23.0. The third-order valence-electron chi connectivity index (χ3n) is 7.57. The highest BCUT2D eigenvalue weighted by atomic mass is 14.9. The van der Waals surface area contributed by atoms with Crippen LogP contribution in [0.1, 0.15) is 80.5 Å². The summed E-state index contributed by atoms with van der Waals surface area (Å²) in [4.78, 5) is 0. The minimum atomic E-state index is 0.184. The van der Waals surface area contributed by atoms with Gasteiger partial charge >= 0.3 is 0 Å². The van der Waals surface area contributed by atoms with Crippen LogP contribution < -0.4 is 16.0 Å². The van der Waals surface area contributed by atoms with Crippen LogP contribution in [0, 0.1) is 13.8 Å². The van der Waals surface area contributed by atoms with Crippen LogP contribution in [0.15, 0.2) is 102 Å². The third kappa shape index (κ3) is 7.07. The molecule has 1 unspecified atom stereocenters. The minimum Gasteiger partial charge on any atom is -0.387 e. The first-order chi connectivity index (χ1) is 18.1. The molecule has 2 aromatic rings. The molecule has 1 atom stereocenters. The van der Waals surface area contributed by atoms with E-state index in [2.05, 4.69) is 123 Å². The summed E-state index contributed by atoms with van der Waals surface area (Å²) in [5.41, 5.74) is 12.2. The van der Waals surface area contributed by atoms with Crippen molar-refractivity contribution in [2.75, 3.05) is 11.9 Å². The zero-order chi connectivity index (χ0) is 26.0. The third-order valence-corrected chi connectivity index (χ3v) is 7.57. The summed E-state index contributed by atoms with van der Waals surface area (Å²) in [6, 6.07) is 15.7. The van der Waals surface area contributed by atoms with Crippen molar-refractivity contribution in [3.05, 3.63) is 124 Å². The fourth-order valence-electron chi connectivity index (χ4n) is 5.07. The normalized spacial score (nSPS) is 16.2. The highest BCUT2D eigenvalue weighted by molar-refractivity contribution is 5.56. The number of benzene rings is 2. The van der Waals surface area contributed by atoms with Gasteiger partial charge in [0.15, 0.2) is 0 Å². The topological polar surface area (TPSA) is 36.1 Å². The van der Waals surface area contributed by atoms with Crippen molar-refractivity contribution in [2.45, 2.75) is 72.1 Å². The molecule has 3 heteroatoms. The van der Waals surface area contributed by atoms with Crippen molar-refractivity contribution in [1.82, 2.24) is 10.6 Å². The van der Waals surface area contributed by atoms with E-state index in [0.29, 0.717) is 0 Å². The van der Waals surface area contributed by atoms with Crippen molar-refractivity contribution in [3.8, 4) is 0 Å². The molecule has 194 valence electrons. The predicted molar refractivity (Wildman–Crippen MR) is 159 cm³/mol. The van der Waals surface area contributed by atoms with Crippen molar-refractivity contribution in [1.29, 1.82) is 0 Å². The number of hydrogen-bond donors (Lipinski definition) is 3. The first kappa shape index (κ1) is 26.6. The Morgan fingerprint density at radius 2 is 1.95 bits per heavy atom. The van der Waals surface area contributed by atoms with Gasteiger partial charge in [-0.2, -0.15) is 0 Å². The summed E-state index contributed by atoms with van der Waals surface area (Å²) >= 11 is 0. The van der Waals surface area contributed by atoms with E-state index >= 15 is 0 Å². The summed E-state index contributed by atoms with van der Waals surface area (Å²) in [5, 5.41) is 10.5. The number of nitrogens with one attached hydrogen (secondary N) is 3. The Morgan fingerprint density at radius 3 is 2.68 bits per heavy atom. The second kappa shape index (κ2) is 13.2. The molecule has 0 amide bonds. The number of aryl methyl sites for hydroxylation is 1. The Balaban J connectivity index is 1.64. The molecule has 1 aliphatic carbocycles. The van der Waals surface area contributed by atoms with Crippen LogP contribution in [0.3, 0.4) is 0 Å². The summed E-state index contributed by atoms with van der Waals surface area (Å²) < 4.78 is 0. The van der Waals surface area contributed by atoms with Crippen molar-refractivity contribution in [2.24, 2.45) is 0 Å². The SMILES string of the molecule is CCC/C=C\N/C=C(\C)C(c1cccc(NC(CC2=CCNC=C2)=C2CCC2)c1)c1cccc(C)c1C. The van der Waals surface area contributed by atoms with E-state index < -0.39 is 0 Å². The summed E-state index contributed by atoms with van der Waals surface area (Å²) in [6.07, 6.45) is 19.9. The van der Waals surface area contributed by atoms with Crippen molar-refractivity contribution >= 4 is 5.69 Å². The smallest absolute Gasteiger partial charge is 0.0384 e. The minimum absolute atomic E-state index is 0.184. The molecule has 0 bridgehead atoms. The molecule has 2 aliphatic rings. The second-order valence-electron chi connectivity index (χ2n) is 10.4. The fourth-order valence-corrected chi connectivity index (χ4v) is 5.07. The zero-order valence-electron chi connectivity index (χ0n) is 23.0. The molecule has 3 N–H and O–H groups in total. The van der Waals surface area contributed by atoms with E-state index in [9.17, 15) is 0 Å². The number of unbranched alkanes of at least 4 members (excludes halogenated alkanes) is 1. The van der Waals surface area contributed by atoms with Gasteiger partial charge in [-0.25, -0.2) is 0 Å². The lowest BCUT2D eigenvalue weighted by molar-refractivity contribution is 0.647. The highest BCUT2D eigenvalue weighted by Crippen LogP contribution is 2.37. The van der Waals surface area contributed by atoms with Crippen LogP contribution >= 0.6 is 0 Å². The van der Waals surface area contributed by atoms with Gasteiger partial charge in [0.2, 0.25) is 0 Å². The average molecular weight is 494 g/mol. The average Bonchev–Trinajstić information content (AvgIpc) is 2.86. The molecule has 1 aliphatic heterocycles. The van der Waals surface area contributed by atoms with E-state index in [4.69, 9.17) is 0 Å². The number of allylic oxidation sites excluding steroid dienone is 5. The van der Waals surface area contributed by atoms with E-state index in [0.717, 1.165) is 25.8 Å². The maximum absolute atomic E-state index is 3.84. The van der Waals surface area contributed by atoms with Gasteiger partial charge in [0.05, 0.1) is 0 Å². The molecule has 0 spiro atoms. The van der Waals surface area contributed by atoms with Gasteiger partial charge in [-0.1, -0.05) is 61.4 Å². The predicted octanol–water partition coefficient (Wildman–Crippen LogP) is 8.53. The Kier molecular flexibility index (Phi) is 9.48. The lowest BCUT2D eigenvalue weighted by atomic mass is 9.82. The number of hydrogen-bond acceptors (Lipinski definition) is 3. The Morgan fingerprint density at radius 1 is 1.11 bits per heavy atom. The highest BCUT2D eigenvalue weighted by Gasteiger charge is 2.20. The number of rotatable bonds is 11. The number of anilines is 1. The lowest BCUT2D eigenvalue weighted by Crippen LogP contribution is -2.13. The quantitative estimate of drug-likeness (QED) is 0.293. The molecule has 2 aromatic carbocycles. The second-order valence-corrected chi connectivity index (χ2v) is 10.4. The Hall–Kier alpha value is -3.46. The van der Waals surface area contributed by atoms with Crippen molar-refractivity contribution < 1.29 is 0 Å². The van der Waals surface area contributed by atoms with E-state index in [1.165, 1.54) is 64.0 Å². The van der Waals surface area contributed by atoms with Gasteiger partial charge in [0.25, 0.3) is 0 Å². The Bertz CT molecular complexity index is 1220. The molecule has 37 heavy (non-hydrogen) atoms. The molecule has 4 rings (SSSR count). The molecule has 1 fully saturated rings. The molecule has 3 nitrogen and oxygen atoms in total. The fraction of sp³-hybridized carbons (Fsp3) is 0.353. The molecule has 0 aromatic heterocycles. The first-order valence-electron chi connectivity index (χ1n) is 13.9. The van der Waals surface area contributed by atoms with E-state index in [1.54, 1.807) is 5.57 Å². The summed E-state index contributed by atoms with van der Waals surface area (Å²) in [7, 11) is 0. The Labute approximate surface area is 224 Å². The van der Waals surface area contributed by atoms with Gasteiger partial charge in [-0.05, 0) is 110 Å². The van der Waals surface area contributed by atoms with Gasteiger partial charge in [-0.3, -0.25) is 0 Å². The van der Waals surface area contributed by atoms with Gasteiger partial charge in [-0.15, -0.1) is 0 Å². The molecular weight excluding hydrogens is 450 g/mol. The van der Waals surface area contributed by atoms with Gasteiger partial charge in [0.1, 0.15) is 0 Å². The van der Waals surface area contributed by atoms with Crippen LogP contribution in [0.5, 0.6) is 0 Å². The lowest BCUT2D eigenvalue weighted by Gasteiger charge is -2.26. The maximum Gasteiger partial charge on any atom is 0.0384 e. The van der Waals surface area contributed by atoms with Gasteiger partial charge in [0, 0.05) is 36.5 Å². The molecule has 1 saturated carbocycles. The summed E-state index contributed by atoms with van der Waals surface area (Å²) in [5.74, 6) is 0.184. The largest absolute Gasteiger partial charge is 0.387 e. The molecule has 1 heterocycles. The monoisotopic (exact) mass is 493 g/mol.